The van der Waals surface area contributed by atoms with E-state index in [1.54, 1.807) is 0 Å². The third-order valence-electron chi connectivity index (χ3n) is 6.17. The molecule has 0 amide bonds. The molecule has 3 rings (SSSR count). The van der Waals surface area contributed by atoms with Crippen LogP contribution in [0, 0.1) is 17.2 Å². The summed E-state index contributed by atoms with van der Waals surface area (Å²) in [7, 11) is 0. The van der Waals surface area contributed by atoms with Gasteiger partial charge in [-0.05, 0) is 65.5 Å². The Kier molecular flexibility index (Phi) is 4.71. The first-order valence-electron chi connectivity index (χ1n) is 9.47. The van der Waals surface area contributed by atoms with Gasteiger partial charge in [0, 0.05) is 5.69 Å². The highest BCUT2D eigenvalue weighted by Crippen LogP contribution is 2.48. The molecule has 1 aromatic carbocycles. The summed E-state index contributed by atoms with van der Waals surface area (Å²) in [5.74, 6) is -0.236. The molecule has 136 valence electrons. The van der Waals surface area contributed by atoms with Crippen molar-refractivity contribution in [1.82, 2.24) is 0 Å². The van der Waals surface area contributed by atoms with E-state index in [0.29, 0.717) is 5.70 Å². The first-order chi connectivity index (χ1) is 12.3. The van der Waals surface area contributed by atoms with Crippen LogP contribution in [-0.2, 0) is 10.8 Å². The molecule has 2 aliphatic rings. The summed E-state index contributed by atoms with van der Waals surface area (Å²) in [6, 6.07) is 8.95. The maximum Gasteiger partial charge on any atom is 0.0831 e. The zero-order chi connectivity index (χ0) is 18.9. The van der Waals surface area contributed by atoms with E-state index in [1.165, 1.54) is 24.0 Å². The molecule has 0 heterocycles. The number of nitrogens with two attached hydrogens (primary N) is 1. The van der Waals surface area contributed by atoms with Crippen LogP contribution in [-0.4, -0.2) is 0 Å². The normalized spacial score (nSPS) is 26.8. The number of hydrogen-bond donors (Lipinski definition) is 2. The first kappa shape index (κ1) is 18.3. The molecule has 3 heteroatoms. The molecular formula is C23H29N3. The molecule has 0 spiro atoms. The lowest BCUT2D eigenvalue weighted by molar-refractivity contribution is 0.305. The van der Waals surface area contributed by atoms with Gasteiger partial charge in [0.1, 0.15) is 0 Å². The highest BCUT2D eigenvalue weighted by molar-refractivity contribution is 5.59. The molecular weight excluding hydrogens is 318 g/mol. The van der Waals surface area contributed by atoms with Crippen molar-refractivity contribution in [3.63, 3.8) is 0 Å². The number of nitrogens with zero attached hydrogens (tertiary/aromatic N) is 1. The Morgan fingerprint density at radius 2 is 1.88 bits per heavy atom. The summed E-state index contributed by atoms with van der Waals surface area (Å²) in [5.41, 5.74) is 12.0. The van der Waals surface area contributed by atoms with Crippen molar-refractivity contribution >= 4 is 5.69 Å². The van der Waals surface area contributed by atoms with Crippen molar-refractivity contribution in [2.75, 3.05) is 5.32 Å². The minimum absolute atomic E-state index is 0.173. The lowest BCUT2D eigenvalue weighted by Crippen LogP contribution is -2.35. The molecule has 3 N–H and O–H groups in total. The van der Waals surface area contributed by atoms with Crippen LogP contribution in [0.1, 0.15) is 58.1 Å². The van der Waals surface area contributed by atoms with Gasteiger partial charge in [-0.2, -0.15) is 5.26 Å². The molecule has 2 unspecified atom stereocenters. The number of allylic oxidation sites excluding steroid dienone is 4. The van der Waals surface area contributed by atoms with Gasteiger partial charge in [0.15, 0.2) is 0 Å². The number of rotatable bonds is 3. The Labute approximate surface area is 157 Å². The van der Waals surface area contributed by atoms with E-state index in [9.17, 15) is 0 Å². The van der Waals surface area contributed by atoms with Gasteiger partial charge < -0.3 is 11.1 Å². The van der Waals surface area contributed by atoms with Crippen LogP contribution in [0.15, 0.2) is 53.9 Å². The largest absolute Gasteiger partial charge is 0.397 e. The van der Waals surface area contributed by atoms with E-state index < -0.39 is 0 Å². The zero-order valence-corrected chi connectivity index (χ0v) is 16.3. The molecule has 26 heavy (non-hydrogen) atoms. The molecule has 0 aliphatic heterocycles. The fourth-order valence-corrected chi connectivity index (χ4v) is 3.95. The van der Waals surface area contributed by atoms with Gasteiger partial charge in [-0.15, -0.1) is 0 Å². The van der Waals surface area contributed by atoms with Crippen LogP contribution in [0.2, 0.25) is 0 Å². The second-order valence-electron chi connectivity index (χ2n) is 8.43. The van der Waals surface area contributed by atoms with Crippen molar-refractivity contribution < 1.29 is 0 Å². The molecule has 2 aliphatic carbocycles. The standard InChI is InChI=1S/C23H29N3/c1-5-23(4)13-12-22(2,3)19-14-17(8-9-18(19)23)26-21-11-7-16(15-24)6-10-20(21)25/h6-11,14,16,26H,5,12-13,25H2,1-4H3. The third kappa shape index (κ3) is 3.29. The summed E-state index contributed by atoms with van der Waals surface area (Å²) >= 11 is 0. The number of nitrogens with one attached hydrogen (secondary N) is 1. The second kappa shape index (κ2) is 6.68. The highest BCUT2D eigenvalue weighted by Gasteiger charge is 2.38. The third-order valence-corrected chi connectivity index (χ3v) is 6.17. The molecule has 1 aromatic rings. The Hall–Kier alpha value is -2.47. The Morgan fingerprint density at radius 1 is 1.15 bits per heavy atom. The van der Waals surface area contributed by atoms with E-state index in [4.69, 9.17) is 11.0 Å². The van der Waals surface area contributed by atoms with Crippen molar-refractivity contribution in [3.8, 4) is 6.07 Å². The van der Waals surface area contributed by atoms with Crippen molar-refractivity contribution in [2.45, 2.75) is 57.8 Å². The molecule has 0 fully saturated rings. The van der Waals surface area contributed by atoms with Crippen molar-refractivity contribution in [2.24, 2.45) is 11.7 Å². The molecule has 0 radical (unpaired) electrons. The minimum Gasteiger partial charge on any atom is -0.397 e. The molecule has 0 bridgehead atoms. The van der Waals surface area contributed by atoms with E-state index in [0.717, 1.165) is 17.8 Å². The number of benzene rings is 1. The summed E-state index contributed by atoms with van der Waals surface area (Å²) in [6.07, 6.45) is 11.0. The fourth-order valence-electron chi connectivity index (χ4n) is 3.95. The Balaban J connectivity index is 1.97. The van der Waals surface area contributed by atoms with Gasteiger partial charge >= 0.3 is 0 Å². The summed E-state index contributed by atoms with van der Waals surface area (Å²) in [6.45, 7) is 9.35. The van der Waals surface area contributed by atoms with Gasteiger partial charge in [0.05, 0.1) is 23.4 Å². The lowest BCUT2D eigenvalue weighted by atomic mass is 9.61. The first-order valence-corrected chi connectivity index (χ1v) is 9.47. The van der Waals surface area contributed by atoms with Gasteiger partial charge in [-0.1, -0.05) is 45.9 Å². The monoisotopic (exact) mass is 347 g/mol. The van der Waals surface area contributed by atoms with Crippen molar-refractivity contribution in [1.29, 1.82) is 5.26 Å². The van der Waals surface area contributed by atoms with Crippen LogP contribution in [0.5, 0.6) is 0 Å². The number of nitriles is 1. The number of fused-ring (bicyclic) bond motifs is 1. The second-order valence-corrected chi connectivity index (χ2v) is 8.43. The van der Waals surface area contributed by atoms with Crippen LogP contribution in [0.3, 0.4) is 0 Å². The van der Waals surface area contributed by atoms with Gasteiger partial charge in [0.25, 0.3) is 0 Å². The van der Waals surface area contributed by atoms with Crippen molar-refractivity contribution in [3.05, 3.63) is 65.0 Å². The van der Waals surface area contributed by atoms with Crippen LogP contribution in [0.4, 0.5) is 5.69 Å². The van der Waals surface area contributed by atoms with Gasteiger partial charge in [0.2, 0.25) is 0 Å². The quantitative estimate of drug-likeness (QED) is 0.782. The SMILES string of the molecule is CCC1(C)CCC(C)(C)c2cc(NC3=C(N)C=CC(C#N)C=C3)ccc21. The Morgan fingerprint density at radius 3 is 2.58 bits per heavy atom. The van der Waals surface area contributed by atoms with Crippen LogP contribution >= 0.6 is 0 Å². The van der Waals surface area contributed by atoms with E-state index in [2.05, 4.69) is 57.3 Å². The van der Waals surface area contributed by atoms with Crippen LogP contribution < -0.4 is 11.1 Å². The summed E-state index contributed by atoms with van der Waals surface area (Å²) < 4.78 is 0. The maximum atomic E-state index is 9.11. The van der Waals surface area contributed by atoms with E-state index >= 15 is 0 Å². The Bertz CT molecular complexity index is 835. The minimum atomic E-state index is -0.236. The van der Waals surface area contributed by atoms with Crippen LogP contribution in [0.25, 0.3) is 0 Å². The van der Waals surface area contributed by atoms with Gasteiger partial charge in [-0.3, -0.25) is 0 Å². The predicted octanol–water partition coefficient (Wildman–Crippen LogP) is 5.27. The molecule has 0 aromatic heterocycles. The average molecular weight is 348 g/mol. The summed E-state index contributed by atoms with van der Waals surface area (Å²) in [4.78, 5) is 0. The lowest BCUT2D eigenvalue weighted by Gasteiger charge is -2.43. The highest BCUT2D eigenvalue weighted by atomic mass is 14.9. The topological polar surface area (TPSA) is 61.8 Å². The number of anilines is 1. The summed E-state index contributed by atoms with van der Waals surface area (Å²) in [5, 5.41) is 12.6. The van der Waals surface area contributed by atoms with E-state index in [-0.39, 0.29) is 16.7 Å². The maximum absolute atomic E-state index is 9.11. The van der Waals surface area contributed by atoms with E-state index in [1.807, 2.05) is 24.3 Å². The van der Waals surface area contributed by atoms with Gasteiger partial charge in [-0.25, -0.2) is 0 Å². The molecule has 3 nitrogen and oxygen atoms in total. The molecule has 0 saturated carbocycles. The zero-order valence-electron chi connectivity index (χ0n) is 16.3. The molecule has 0 saturated heterocycles. The smallest absolute Gasteiger partial charge is 0.0831 e. The fraction of sp³-hybridized carbons (Fsp3) is 0.435. The number of hydrogen-bond acceptors (Lipinski definition) is 3. The molecule has 2 atom stereocenters. The average Bonchev–Trinajstić information content (AvgIpc) is 2.81. The predicted molar refractivity (Wildman–Crippen MR) is 109 cm³/mol.